The van der Waals surface area contributed by atoms with Gasteiger partial charge in [-0.25, -0.2) is 0 Å². The first-order valence-corrected chi connectivity index (χ1v) is 4.19. The summed E-state index contributed by atoms with van der Waals surface area (Å²) in [6, 6.07) is 8.06. The zero-order valence-corrected chi connectivity index (χ0v) is 7.54. The predicted octanol–water partition coefficient (Wildman–Crippen LogP) is 1.19. The Hall–Kier alpha value is -1.46. The monoisotopic (exact) mass is 174 g/mol. The van der Waals surface area contributed by atoms with E-state index < -0.39 is 6.10 Å². The van der Waals surface area contributed by atoms with Crippen LogP contribution in [0.5, 0.6) is 0 Å². The molecule has 1 aromatic rings. The SMILES string of the molecule is CCC(O)C#Cc1c[c]ccc1N. The minimum atomic E-state index is -0.570. The maximum absolute atomic E-state index is 9.19. The molecule has 0 fully saturated rings. The van der Waals surface area contributed by atoms with Gasteiger partial charge in [0.2, 0.25) is 0 Å². The molecule has 1 atom stereocenters. The number of nitrogen functional groups attached to an aromatic ring is 1. The smallest absolute Gasteiger partial charge is 0.114 e. The Bertz CT molecular complexity index is 335. The Balaban J connectivity index is 2.83. The molecule has 0 saturated heterocycles. The molecule has 13 heavy (non-hydrogen) atoms. The molecule has 2 nitrogen and oxygen atoms in total. The van der Waals surface area contributed by atoms with Gasteiger partial charge in [-0.2, -0.15) is 0 Å². The zero-order valence-electron chi connectivity index (χ0n) is 7.54. The second-order valence-electron chi connectivity index (χ2n) is 2.71. The van der Waals surface area contributed by atoms with Crippen molar-refractivity contribution in [3.63, 3.8) is 0 Å². The molecule has 67 valence electrons. The third-order valence-corrected chi connectivity index (χ3v) is 1.66. The number of aliphatic hydroxyl groups is 1. The number of nitrogens with two attached hydrogens (primary N) is 1. The van der Waals surface area contributed by atoms with Crippen molar-refractivity contribution in [1.82, 2.24) is 0 Å². The highest BCUT2D eigenvalue weighted by molar-refractivity contribution is 5.55. The van der Waals surface area contributed by atoms with Gasteiger partial charge in [0.1, 0.15) is 6.10 Å². The van der Waals surface area contributed by atoms with E-state index in [0.29, 0.717) is 12.1 Å². The van der Waals surface area contributed by atoms with E-state index >= 15 is 0 Å². The number of benzene rings is 1. The average Bonchev–Trinajstić information content (AvgIpc) is 2.16. The summed E-state index contributed by atoms with van der Waals surface area (Å²) in [4.78, 5) is 0. The van der Waals surface area contributed by atoms with Crippen molar-refractivity contribution in [2.75, 3.05) is 5.73 Å². The van der Waals surface area contributed by atoms with Crippen LogP contribution in [0.15, 0.2) is 18.2 Å². The molecular formula is C11H12NO. The Morgan fingerprint density at radius 3 is 3.08 bits per heavy atom. The first-order chi connectivity index (χ1) is 6.24. The Labute approximate surface area is 78.4 Å². The zero-order chi connectivity index (χ0) is 9.68. The summed E-state index contributed by atoms with van der Waals surface area (Å²) >= 11 is 0. The molecule has 0 spiro atoms. The lowest BCUT2D eigenvalue weighted by Crippen LogP contribution is -1.99. The quantitative estimate of drug-likeness (QED) is 0.496. The topological polar surface area (TPSA) is 46.2 Å². The summed E-state index contributed by atoms with van der Waals surface area (Å²) in [7, 11) is 0. The van der Waals surface area contributed by atoms with Gasteiger partial charge in [0.25, 0.3) is 0 Å². The van der Waals surface area contributed by atoms with Crippen LogP contribution in [0.25, 0.3) is 0 Å². The highest BCUT2D eigenvalue weighted by Crippen LogP contribution is 2.07. The van der Waals surface area contributed by atoms with E-state index in [2.05, 4.69) is 17.9 Å². The van der Waals surface area contributed by atoms with Crippen LogP contribution >= 0.6 is 0 Å². The van der Waals surface area contributed by atoms with Gasteiger partial charge in [0, 0.05) is 11.3 Å². The second kappa shape index (κ2) is 4.54. The van der Waals surface area contributed by atoms with Gasteiger partial charge in [-0.15, -0.1) is 0 Å². The van der Waals surface area contributed by atoms with Gasteiger partial charge in [-0.1, -0.05) is 24.8 Å². The summed E-state index contributed by atoms with van der Waals surface area (Å²) in [6.07, 6.45) is 0.0586. The van der Waals surface area contributed by atoms with Crippen LogP contribution in [0.3, 0.4) is 0 Å². The van der Waals surface area contributed by atoms with Crippen molar-refractivity contribution in [2.45, 2.75) is 19.4 Å². The average molecular weight is 174 g/mol. The Morgan fingerprint density at radius 2 is 2.46 bits per heavy atom. The molecule has 2 heteroatoms. The van der Waals surface area contributed by atoms with E-state index in [1.807, 2.05) is 6.92 Å². The molecule has 1 unspecified atom stereocenters. The maximum atomic E-state index is 9.19. The molecule has 3 N–H and O–H groups in total. The highest BCUT2D eigenvalue weighted by atomic mass is 16.3. The minimum absolute atomic E-state index is 0.570. The summed E-state index contributed by atoms with van der Waals surface area (Å²) in [5, 5.41) is 9.19. The molecule has 1 radical (unpaired) electrons. The van der Waals surface area contributed by atoms with Crippen molar-refractivity contribution in [3.05, 3.63) is 29.8 Å². The summed E-state index contributed by atoms with van der Waals surface area (Å²) in [5.74, 6) is 5.50. The molecule has 1 aromatic carbocycles. The molecule has 0 amide bonds. The van der Waals surface area contributed by atoms with E-state index in [1.54, 1.807) is 18.2 Å². The van der Waals surface area contributed by atoms with Crippen molar-refractivity contribution >= 4 is 5.69 Å². The normalized spacial score (nSPS) is 11.5. The number of anilines is 1. The molecular weight excluding hydrogens is 162 g/mol. The molecule has 0 bridgehead atoms. The molecule has 0 aliphatic heterocycles. The Morgan fingerprint density at radius 1 is 1.69 bits per heavy atom. The molecule has 0 aliphatic carbocycles. The van der Waals surface area contributed by atoms with Crippen LogP contribution in [0.1, 0.15) is 18.9 Å². The molecule has 0 saturated carbocycles. The number of aliphatic hydroxyl groups excluding tert-OH is 1. The van der Waals surface area contributed by atoms with E-state index in [1.165, 1.54) is 0 Å². The fourth-order valence-corrected chi connectivity index (χ4v) is 0.814. The predicted molar refractivity (Wildman–Crippen MR) is 52.9 cm³/mol. The summed E-state index contributed by atoms with van der Waals surface area (Å²) in [6.45, 7) is 1.87. The number of rotatable bonds is 1. The van der Waals surface area contributed by atoms with Gasteiger partial charge in [0.15, 0.2) is 0 Å². The van der Waals surface area contributed by atoms with Crippen LogP contribution in [0.2, 0.25) is 0 Å². The first kappa shape index (κ1) is 9.63. The van der Waals surface area contributed by atoms with Gasteiger partial charge in [-0.05, 0) is 24.6 Å². The van der Waals surface area contributed by atoms with E-state index in [-0.39, 0.29) is 0 Å². The van der Waals surface area contributed by atoms with E-state index in [9.17, 15) is 5.11 Å². The van der Waals surface area contributed by atoms with Crippen LogP contribution < -0.4 is 5.73 Å². The minimum Gasteiger partial charge on any atom is -0.398 e. The third kappa shape index (κ3) is 2.81. The van der Waals surface area contributed by atoms with Crippen molar-refractivity contribution in [2.24, 2.45) is 0 Å². The number of hydrogen-bond donors (Lipinski definition) is 2. The molecule has 0 aliphatic rings. The maximum Gasteiger partial charge on any atom is 0.114 e. The molecule has 0 heterocycles. The third-order valence-electron chi connectivity index (χ3n) is 1.66. The highest BCUT2D eigenvalue weighted by Gasteiger charge is 1.94. The standard InChI is InChI=1S/C11H12NO/c1-2-10(13)8-7-9-5-3-4-6-11(9)12/h4-6,10,13H,2,12H2,1H3. The first-order valence-electron chi connectivity index (χ1n) is 4.19. The van der Waals surface area contributed by atoms with Gasteiger partial charge in [-0.3, -0.25) is 0 Å². The van der Waals surface area contributed by atoms with Gasteiger partial charge < -0.3 is 10.8 Å². The van der Waals surface area contributed by atoms with Crippen molar-refractivity contribution in [3.8, 4) is 11.8 Å². The lowest BCUT2D eigenvalue weighted by Gasteiger charge is -1.97. The lowest BCUT2D eigenvalue weighted by atomic mass is 10.1. The Kier molecular flexibility index (Phi) is 3.36. The van der Waals surface area contributed by atoms with Crippen molar-refractivity contribution < 1.29 is 5.11 Å². The largest absolute Gasteiger partial charge is 0.398 e. The fraction of sp³-hybridized carbons (Fsp3) is 0.273. The lowest BCUT2D eigenvalue weighted by molar-refractivity contribution is 0.228. The molecule has 0 aromatic heterocycles. The summed E-state index contributed by atoms with van der Waals surface area (Å²) < 4.78 is 0. The van der Waals surface area contributed by atoms with Crippen LogP contribution in [0.4, 0.5) is 5.69 Å². The van der Waals surface area contributed by atoms with Gasteiger partial charge >= 0.3 is 0 Å². The summed E-state index contributed by atoms with van der Waals surface area (Å²) in [5.41, 5.74) is 6.98. The van der Waals surface area contributed by atoms with Gasteiger partial charge in [0.05, 0.1) is 0 Å². The fourth-order valence-electron chi connectivity index (χ4n) is 0.814. The van der Waals surface area contributed by atoms with Crippen molar-refractivity contribution in [1.29, 1.82) is 0 Å². The van der Waals surface area contributed by atoms with Crippen LogP contribution in [0, 0.1) is 17.9 Å². The molecule has 1 rings (SSSR count). The second-order valence-corrected chi connectivity index (χ2v) is 2.71. The van der Waals surface area contributed by atoms with E-state index in [4.69, 9.17) is 5.73 Å². The van der Waals surface area contributed by atoms with E-state index in [0.717, 1.165) is 5.56 Å². The van der Waals surface area contributed by atoms with Crippen LogP contribution in [-0.2, 0) is 0 Å². The number of hydrogen-bond acceptors (Lipinski definition) is 2. The van der Waals surface area contributed by atoms with Crippen LogP contribution in [-0.4, -0.2) is 11.2 Å².